The number of hydrogen-bond donors (Lipinski definition) is 0. The van der Waals surface area contributed by atoms with E-state index in [0.717, 1.165) is 6.07 Å². The Morgan fingerprint density at radius 3 is 2.47 bits per heavy atom. The number of rotatable bonds is 1. The fraction of sp³-hybridized carbons (Fsp3) is 0.222. The second-order valence-electron chi connectivity index (χ2n) is 2.72. The number of aliphatic imine (C=N–C) groups is 1. The highest BCUT2D eigenvalue weighted by molar-refractivity contribution is 6.31. The van der Waals surface area contributed by atoms with Crippen molar-refractivity contribution in [2.45, 2.75) is 6.18 Å². The molecule has 0 spiro atoms. The number of benzene rings is 1. The number of alkyl halides is 3. The van der Waals surface area contributed by atoms with Crippen LogP contribution in [0.1, 0.15) is 11.1 Å². The van der Waals surface area contributed by atoms with Gasteiger partial charge in [0.15, 0.2) is 0 Å². The summed E-state index contributed by atoms with van der Waals surface area (Å²) in [6, 6.07) is 2.92. The van der Waals surface area contributed by atoms with Gasteiger partial charge in [-0.3, -0.25) is 0 Å². The number of halogens is 4. The summed E-state index contributed by atoms with van der Waals surface area (Å²) in [4.78, 5) is 3.26. The van der Waals surface area contributed by atoms with E-state index >= 15 is 0 Å². The molecule has 1 rings (SSSR count). The van der Waals surface area contributed by atoms with Gasteiger partial charge in [-0.05, 0) is 23.6 Å². The number of hydrogen-bond acceptors (Lipinski definition) is 2. The van der Waals surface area contributed by atoms with E-state index in [2.05, 4.69) is 4.99 Å². The molecule has 0 heterocycles. The Morgan fingerprint density at radius 2 is 2.00 bits per heavy atom. The molecule has 0 saturated carbocycles. The van der Waals surface area contributed by atoms with Crippen molar-refractivity contribution < 1.29 is 18.3 Å². The van der Waals surface area contributed by atoms with Crippen LogP contribution in [0.2, 0.25) is 5.02 Å². The zero-order valence-corrected chi connectivity index (χ0v) is 8.36. The predicted octanol–water partition coefficient (Wildman–Crippen LogP) is 2.10. The molecule has 0 fully saturated rings. The van der Waals surface area contributed by atoms with E-state index in [1.54, 1.807) is 0 Å². The van der Waals surface area contributed by atoms with Crippen LogP contribution in [0.5, 0.6) is 0 Å². The largest absolute Gasteiger partial charge is 0.859 e. The first-order valence-corrected chi connectivity index (χ1v) is 4.25. The molecule has 0 amide bonds. The van der Waals surface area contributed by atoms with Gasteiger partial charge >= 0.3 is 6.18 Å². The molecule has 0 radical (unpaired) electrons. The monoisotopic (exact) mass is 236 g/mol. The summed E-state index contributed by atoms with van der Waals surface area (Å²) in [5, 5.41) is 10.6. The van der Waals surface area contributed by atoms with Crippen molar-refractivity contribution in [3.8, 4) is 0 Å². The smallest absolute Gasteiger partial charge is 0.417 e. The molecule has 0 unspecified atom stereocenters. The van der Waals surface area contributed by atoms with Crippen molar-refractivity contribution in [1.82, 2.24) is 0 Å². The molecule has 0 atom stereocenters. The average Bonchev–Trinajstić information content (AvgIpc) is 2.15. The standard InChI is InChI=1S/C9H7ClF3NO/c1-14-8(15)5-2-3-7(10)6(4-5)9(11,12)13/h2-4H,1H3,(H,14,15)/p-1. The molecule has 0 saturated heterocycles. The van der Waals surface area contributed by atoms with Gasteiger partial charge in [0.2, 0.25) is 0 Å². The molecule has 0 aliphatic heterocycles. The van der Waals surface area contributed by atoms with Crippen LogP contribution in [0, 0.1) is 0 Å². The molecular formula is C9H6ClF3NO-. The van der Waals surface area contributed by atoms with Gasteiger partial charge in [0.25, 0.3) is 0 Å². The van der Waals surface area contributed by atoms with E-state index in [1.807, 2.05) is 0 Å². The van der Waals surface area contributed by atoms with Gasteiger partial charge in [-0.15, -0.1) is 0 Å². The minimum atomic E-state index is -4.57. The fourth-order valence-electron chi connectivity index (χ4n) is 1.00. The highest BCUT2D eigenvalue weighted by atomic mass is 35.5. The first-order chi connectivity index (χ1) is 6.86. The van der Waals surface area contributed by atoms with Crippen molar-refractivity contribution in [1.29, 1.82) is 0 Å². The lowest BCUT2D eigenvalue weighted by molar-refractivity contribution is -0.213. The summed E-state index contributed by atoms with van der Waals surface area (Å²) in [6.07, 6.45) is -4.57. The third-order valence-electron chi connectivity index (χ3n) is 1.72. The van der Waals surface area contributed by atoms with Gasteiger partial charge < -0.3 is 10.1 Å². The predicted molar refractivity (Wildman–Crippen MR) is 48.9 cm³/mol. The zero-order chi connectivity index (χ0) is 11.6. The Kier molecular flexibility index (Phi) is 3.24. The summed E-state index contributed by atoms with van der Waals surface area (Å²) >= 11 is 5.37. The fourth-order valence-corrected chi connectivity index (χ4v) is 1.23. The Hall–Kier alpha value is -1.23. The van der Waals surface area contributed by atoms with Crippen molar-refractivity contribution in [3.05, 3.63) is 34.3 Å². The Balaban J connectivity index is 3.29. The first kappa shape index (κ1) is 11.8. The van der Waals surface area contributed by atoms with Crippen molar-refractivity contribution in [2.24, 2.45) is 4.99 Å². The molecule has 0 aliphatic carbocycles. The topological polar surface area (TPSA) is 35.4 Å². The third-order valence-corrected chi connectivity index (χ3v) is 2.05. The minimum absolute atomic E-state index is 0.130. The van der Waals surface area contributed by atoms with Crippen molar-refractivity contribution in [3.63, 3.8) is 0 Å². The van der Waals surface area contributed by atoms with Crippen LogP contribution in [0.3, 0.4) is 0 Å². The molecule has 0 aliphatic rings. The lowest BCUT2D eigenvalue weighted by Gasteiger charge is -2.14. The summed E-state index contributed by atoms with van der Waals surface area (Å²) in [5.41, 5.74) is -1.16. The van der Waals surface area contributed by atoms with Gasteiger partial charge in [-0.1, -0.05) is 17.7 Å². The molecule has 0 aromatic heterocycles. The summed E-state index contributed by atoms with van der Waals surface area (Å²) in [6.45, 7) is 0. The molecule has 1 aromatic rings. The van der Waals surface area contributed by atoms with Gasteiger partial charge in [0.05, 0.1) is 10.6 Å². The van der Waals surface area contributed by atoms with Gasteiger partial charge in [0.1, 0.15) is 0 Å². The molecule has 0 bridgehead atoms. The maximum Gasteiger partial charge on any atom is 0.417 e. The molecule has 6 heteroatoms. The van der Waals surface area contributed by atoms with E-state index < -0.39 is 22.7 Å². The van der Waals surface area contributed by atoms with Gasteiger partial charge in [-0.2, -0.15) is 13.2 Å². The quantitative estimate of drug-likeness (QED) is 0.543. The molecular weight excluding hydrogens is 231 g/mol. The molecule has 1 aromatic carbocycles. The van der Waals surface area contributed by atoms with Crippen LogP contribution in [0.25, 0.3) is 0 Å². The number of nitrogens with zero attached hydrogens (tertiary/aromatic N) is 1. The molecule has 0 N–H and O–H groups in total. The normalized spacial score (nSPS) is 13.0. The van der Waals surface area contributed by atoms with Crippen molar-refractivity contribution >= 4 is 17.5 Å². The van der Waals surface area contributed by atoms with Gasteiger partial charge in [-0.25, -0.2) is 0 Å². The SMILES string of the molecule is CN=C([O-])c1ccc(Cl)c(C(F)(F)F)c1. The van der Waals surface area contributed by atoms with E-state index in [9.17, 15) is 18.3 Å². The van der Waals surface area contributed by atoms with Crippen LogP contribution in [-0.2, 0) is 6.18 Å². The summed E-state index contributed by atoms with van der Waals surface area (Å²) < 4.78 is 37.1. The van der Waals surface area contributed by atoms with E-state index in [1.165, 1.54) is 13.1 Å². The highest BCUT2D eigenvalue weighted by Gasteiger charge is 2.33. The first-order valence-electron chi connectivity index (χ1n) is 3.87. The molecule has 2 nitrogen and oxygen atoms in total. The lowest BCUT2D eigenvalue weighted by Crippen LogP contribution is -2.19. The Labute approximate surface area is 89.0 Å². The summed E-state index contributed by atoms with van der Waals surface area (Å²) in [5.74, 6) is -0.711. The second-order valence-corrected chi connectivity index (χ2v) is 3.13. The Morgan fingerprint density at radius 1 is 1.40 bits per heavy atom. The summed E-state index contributed by atoms with van der Waals surface area (Å²) in [7, 11) is 1.21. The zero-order valence-electron chi connectivity index (χ0n) is 7.60. The molecule has 82 valence electrons. The van der Waals surface area contributed by atoms with Crippen LogP contribution in [0.4, 0.5) is 13.2 Å². The van der Waals surface area contributed by atoms with E-state index in [0.29, 0.717) is 6.07 Å². The average molecular weight is 237 g/mol. The highest BCUT2D eigenvalue weighted by Crippen LogP contribution is 2.34. The lowest BCUT2D eigenvalue weighted by atomic mass is 10.1. The van der Waals surface area contributed by atoms with Gasteiger partial charge in [0, 0.05) is 7.05 Å². The minimum Gasteiger partial charge on any atom is -0.859 e. The van der Waals surface area contributed by atoms with E-state index in [4.69, 9.17) is 11.6 Å². The maximum absolute atomic E-state index is 12.4. The van der Waals surface area contributed by atoms with Crippen LogP contribution < -0.4 is 5.11 Å². The van der Waals surface area contributed by atoms with Crippen LogP contribution in [-0.4, -0.2) is 12.9 Å². The maximum atomic E-state index is 12.4. The van der Waals surface area contributed by atoms with E-state index in [-0.39, 0.29) is 5.56 Å². The van der Waals surface area contributed by atoms with Crippen molar-refractivity contribution in [2.75, 3.05) is 7.05 Å². The van der Waals surface area contributed by atoms with Crippen LogP contribution >= 0.6 is 11.6 Å². The molecule has 15 heavy (non-hydrogen) atoms. The Bertz CT molecular complexity index is 401. The third kappa shape index (κ3) is 2.62. The second kappa shape index (κ2) is 4.10. The van der Waals surface area contributed by atoms with Crippen LogP contribution in [0.15, 0.2) is 23.2 Å².